The van der Waals surface area contributed by atoms with E-state index in [4.69, 9.17) is 16.0 Å². The Kier molecular flexibility index (Phi) is 3.82. The topological polar surface area (TPSA) is 25.2 Å². The minimum absolute atomic E-state index is 0.106. The highest BCUT2D eigenvalue weighted by molar-refractivity contribution is 6.30. The number of hydrogen-bond donors (Lipinski definition) is 1. The van der Waals surface area contributed by atoms with Crippen molar-refractivity contribution in [3.63, 3.8) is 0 Å². The highest BCUT2D eigenvalue weighted by atomic mass is 35.5. The number of likely N-dealkylation sites (N-methyl/N-ethyl adjacent to an activating group) is 1. The first-order valence-electron chi connectivity index (χ1n) is 5.34. The van der Waals surface area contributed by atoms with Gasteiger partial charge in [-0.1, -0.05) is 17.7 Å². The Hall–Kier alpha value is -1.32. The van der Waals surface area contributed by atoms with Crippen molar-refractivity contribution in [1.82, 2.24) is 5.32 Å². The summed E-state index contributed by atoms with van der Waals surface area (Å²) in [6, 6.07) is 6.87. The zero-order valence-corrected chi connectivity index (χ0v) is 10.2. The summed E-state index contributed by atoms with van der Waals surface area (Å²) in [5.41, 5.74) is 1.94. The molecule has 0 aliphatic heterocycles. The summed E-state index contributed by atoms with van der Waals surface area (Å²) < 4.78 is 18.3. The van der Waals surface area contributed by atoms with Crippen LogP contribution in [0.2, 0.25) is 5.02 Å². The first kappa shape index (κ1) is 12.1. The van der Waals surface area contributed by atoms with Crippen LogP contribution in [0.5, 0.6) is 0 Å². The summed E-state index contributed by atoms with van der Waals surface area (Å²) >= 11 is 5.65. The highest BCUT2D eigenvalue weighted by Gasteiger charge is 2.12. The molecule has 1 aromatic carbocycles. The second-order valence-electron chi connectivity index (χ2n) is 3.85. The Labute approximate surface area is 104 Å². The molecule has 0 radical (unpaired) electrons. The number of benzene rings is 1. The average molecular weight is 254 g/mol. The molecule has 4 heteroatoms. The van der Waals surface area contributed by atoms with Gasteiger partial charge in [0, 0.05) is 11.6 Å². The Morgan fingerprint density at radius 2 is 2.24 bits per heavy atom. The van der Waals surface area contributed by atoms with E-state index in [9.17, 15) is 4.39 Å². The van der Waals surface area contributed by atoms with Crippen LogP contribution < -0.4 is 5.32 Å². The van der Waals surface area contributed by atoms with E-state index in [-0.39, 0.29) is 16.9 Å². The monoisotopic (exact) mass is 253 g/mol. The molecule has 0 spiro atoms. The molecule has 90 valence electrons. The molecule has 0 aliphatic rings. The van der Waals surface area contributed by atoms with Crippen LogP contribution in [0, 0.1) is 5.82 Å². The van der Waals surface area contributed by atoms with E-state index in [1.807, 2.05) is 19.2 Å². The van der Waals surface area contributed by atoms with Crippen molar-refractivity contribution in [1.29, 1.82) is 0 Å². The van der Waals surface area contributed by atoms with Gasteiger partial charge in [0.05, 0.1) is 17.5 Å². The molecule has 0 amide bonds. The Balaban J connectivity index is 2.16. The quantitative estimate of drug-likeness (QED) is 0.901. The van der Waals surface area contributed by atoms with Crippen LogP contribution >= 0.6 is 11.6 Å². The second-order valence-corrected chi connectivity index (χ2v) is 4.26. The summed E-state index contributed by atoms with van der Waals surface area (Å²) in [5, 5.41) is 3.32. The van der Waals surface area contributed by atoms with E-state index in [1.54, 1.807) is 18.6 Å². The van der Waals surface area contributed by atoms with Crippen LogP contribution in [0.3, 0.4) is 0 Å². The van der Waals surface area contributed by atoms with Crippen LogP contribution in [0.1, 0.15) is 17.2 Å². The summed E-state index contributed by atoms with van der Waals surface area (Å²) in [4.78, 5) is 0. The van der Waals surface area contributed by atoms with Gasteiger partial charge in [-0.15, -0.1) is 0 Å². The van der Waals surface area contributed by atoms with Crippen molar-refractivity contribution in [2.45, 2.75) is 12.5 Å². The average Bonchev–Trinajstić information content (AvgIpc) is 2.84. The van der Waals surface area contributed by atoms with Crippen molar-refractivity contribution in [3.05, 3.63) is 58.8 Å². The lowest BCUT2D eigenvalue weighted by Crippen LogP contribution is -2.18. The summed E-state index contributed by atoms with van der Waals surface area (Å²) in [5.74, 6) is -0.383. The molecule has 1 N–H and O–H groups in total. The smallest absolute Gasteiger partial charge is 0.142 e. The van der Waals surface area contributed by atoms with Gasteiger partial charge in [-0.25, -0.2) is 4.39 Å². The minimum atomic E-state index is -0.383. The van der Waals surface area contributed by atoms with Gasteiger partial charge in [0.1, 0.15) is 5.82 Å². The van der Waals surface area contributed by atoms with Gasteiger partial charge in [-0.2, -0.15) is 0 Å². The molecule has 0 saturated heterocycles. The molecule has 0 bridgehead atoms. The molecule has 0 aliphatic carbocycles. The van der Waals surface area contributed by atoms with E-state index in [1.165, 1.54) is 6.07 Å². The molecule has 1 atom stereocenters. The van der Waals surface area contributed by atoms with Gasteiger partial charge in [0.15, 0.2) is 0 Å². The van der Waals surface area contributed by atoms with Crippen molar-refractivity contribution in [3.8, 4) is 0 Å². The predicted molar refractivity (Wildman–Crippen MR) is 65.6 cm³/mol. The summed E-state index contributed by atoms with van der Waals surface area (Å²) in [6.07, 6.45) is 4.00. The first-order chi connectivity index (χ1) is 8.20. The largest absolute Gasteiger partial charge is 0.472 e. The van der Waals surface area contributed by atoms with Gasteiger partial charge in [-0.05, 0) is 37.2 Å². The third kappa shape index (κ3) is 2.87. The maximum absolute atomic E-state index is 13.3. The van der Waals surface area contributed by atoms with Gasteiger partial charge in [-0.3, -0.25) is 0 Å². The molecular formula is C13H13ClFNO. The standard InChI is InChI=1S/C13H13ClFNO/c1-16-13(10-4-5-17-8-10)7-9-2-3-11(14)12(15)6-9/h2-6,8,13,16H,7H2,1H3. The number of rotatable bonds is 4. The molecule has 2 nitrogen and oxygen atoms in total. The molecule has 1 unspecified atom stereocenters. The van der Waals surface area contributed by atoms with E-state index in [0.717, 1.165) is 11.1 Å². The van der Waals surface area contributed by atoms with Crippen molar-refractivity contribution in [2.24, 2.45) is 0 Å². The lowest BCUT2D eigenvalue weighted by atomic mass is 10.0. The lowest BCUT2D eigenvalue weighted by Gasteiger charge is -2.14. The number of furan rings is 1. The van der Waals surface area contributed by atoms with Crippen LogP contribution in [0.4, 0.5) is 4.39 Å². The summed E-state index contributed by atoms with van der Waals surface area (Å²) in [7, 11) is 1.87. The predicted octanol–water partition coefficient (Wildman–Crippen LogP) is 3.58. The maximum Gasteiger partial charge on any atom is 0.142 e. The van der Waals surface area contributed by atoms with Crippen LogP contribution in [0.15, 0.2) is 41.2 Å². The van der Waals surface area contributed by atoms with E-state index in [2.05, 4.69) is 5.32 Å². The Morgan fingerprint density at radius 1 is 1.41 bits per heavy atom. The highest BCUT2D eigenvalue weighted by Crippen LogP contribution is 2.21. The fraction of sp³-hybridized carbons (Fsp3) is 0.231. The maximum atomic E-state index is 13.3. The van der Waals surface area contributed by atoms with E-state index >= 15 is 0 Å². The molecule has 0 fully saturated rings. The third-order valence-corrected chi connectivity index (χ3v) is 3.02. The second kappa shape index (κ2) is 5.34. The molecule has 1 heterocycles. The van der Waals surface area contributed by atoms with Gasteiger partial charge in [0.2, 0.25) is 0 Å². The van der Waals surface area contributed by atoms with Crippen LogP contribution in [-0.4, -0.2) is 7.05 Å². The fourth-order valence-electron chi connectivity index (χ4n) is 1.76. The number of halogens is 2. The van der Waals surface area contributed by atoms with Gasteiger partial charge in [0.25, 0.3) is 0 Å². The normalized spacial score (nSPS) is 12.6. The first-order valence-corrected chi connectivity index (χ1v) is 5.72. The number of nitrogens with one attached hydrogen (secondary N) is 1. The number of hydrogen-bond acceptors (Lipinski definition) is 2. The summed E-state index contributed by atoms with van der Waals surface area (Å²) in [6.45, 7) is 0. The zero-order valence-electron chi connectivity index (χ0n) is 9.41. The van der Waals surface area contributed by atoms with Crippen molar-refractivity contribution < 1.29 is 8.81 Å². The van der Waals surface area contributed by atoms with E-state index in [0.29, 0.717) is 6.42 Å². The zero-order chi connectivity index (χ0) is 12.3. The third-order valence-electron chi connectivity index (χ3n) is 2.72. The lowest BCUT2D eigenvalue weighted by molar-refractivity contribution is 0.541. The van der Waals surface area contributed by atoms with Gasteiger partial charge < -0.3 is 9.73 Å². The molecule has 2 aromatic rings. The minimum Gasteiger partial charge on any atom is -0.472 e. The molecule has 1 aromatic heterocycles. The SMILES string of the molecule is CNC(Cc1ccc(Cl)c(F)c1)c1ccoc1. The molecule has 0 saturated carbocycles. The Bertz CT molecular complexity index is 484. The van der Waals surface area contributed by atoms with Crippen molar-refractivity contribution >= 4 is 11.6 Å². The van der Waals surface area contributed by atoms with Gasteiger partial charge >= 0.3 is 0 Å². The van der Waals surface area contributed by atoms with E-state index < -0.39 is 0 Å². The van der Waals surface area contributed by atoms with Crippen molar-refractivity contribution in [2.75, 3.05) is 7.05 Å². The Morgan fingerprint density at radius 3 is 2.82 bits per heavy atom. The molecule has 2 rings (SSSR count). The van der Waals surface area contributed by atoms with Crippen LogP contribution in [0.25, 0.3) is 0 Å². The fourth-order valence-corrected chi connectivity index (χ4v) is 1.88. The van der Waals surface area contributed by atoms with Crippen LogP contribution in [-0.2, 0) is 6.42 Å². The molecular weight excluding hydrogens is 241 g/mol. The molecule has 17 heavy (non-hydrogen) atoms.